The maximum atomic E-state index is 12.1. The SMILES string of the molecule is O=C(O)CCCCC(=O)N1CC2C3CCC(O3)C2C1. The van der Waals surface area contributed by atoms with Crippen molar-refractivity contribution >= 4 is 11.9 Å². The highest BCUT2D eigenvalue weighted by Crippen LogP contribution is 2.47. The van der Waals surface area contributed by atoms with Gasteiger partial charge in [0, 0.05) is 37.8 Å². The summed E-state index contributed by atoms with van der Waals surface area (Å²) in [6, 6.07) is 0. The van der Waals surface area contributed by atoms with Crippen LogP contribution in [0.2, 0.25) is 0 Å². The summed E-state index contributed by atoms with van der Waals surface area (Å²) in [7, 11) is 0. The second-order valence-electron chi connectivity index (χ2n) is 6.02. The Morgan fingerprint density at radius 3 is 2.21 bits per heavy atom. The molecule has 1 amide bonds. The number of rotatable bonds is 5. The molecule has 3 aliphatic heterocycles. The van der Waals surface area contributed by atoms with E-state index in [-0.39, 0.29) is 12.3 Å². The third kappa shape index (κ3) is 2.48. The molecule has 0 aromatic carbocycles. The van der Waals surface area contributed by atoms with Gasteiger partial charge in [-0.3, -0.25) is 9.59 Å². The van der Waals surface area contributed by atoms with Gasteiger partial charge < -0.3 is 14.7 Å². The van der Waals surface area contributed by atoms with E-state index in [1.807, 2.05) is 4.90 Å². The van der Waals surface area contributed by atoms with E-state index < -0.39 is 5.97 Å². The third-order valence-electron chi connectivity index (χ3n) is 4.84. The minimum atomic E-state index is -0.781. The zero-order valence-electron chi connectivity index (χ0n) is 11.1. The average molecular weight is 267 g/mol. The van der Waals surface area contributed by atoms with Crippen LogP contribution in [-0.2, 0) is 14.3 Å². The van der Waals surface area contributed by atoms with Crippen LogP contribution in [0.25, 0.3) is 0 Å². The van der Waals surface area contributed by atoms with E-state index in [1.165, 1.54) is 0 Å². The van der Waals surface area contributed by atoms with Crippen molar-refractivity contribution in [2.75, 3.05) is 13.1 Å². The molecule has 5 heteroatoms. The number of amides is 1. The summed E-state index contributed by atoms with van der Waals surface area (Å²) in [5.41, 5.74) is 0. The van der Waals surface area contributed by atoms with Crippen molar-refractivity contribution in [3.8, 4) is 0 Å². The summed E-state index contributed by atoms with van der Waals surface area (Å²) in [6.45, 7) is 1.70. The summed E-state index contributed by atoms with van der Waals surface area (Å²) < 4.78 is 5.89. The second-order valence-corrected chi connectivity index (χ2v) is 6.02. The Hall–Kier alpha value is -1.10. The van der Waals surface area contributed by atoms with Crippen molar-refractivity contribution in [1.82, 2.24) is 4.90 Å². The fourth-order valence-corrected chi connectivity index (χ4v) is 3.87. The zero-order valence-corrected chi connectivity index (χ0v) is 11.1. The van der Waals surface area contributed by atoms with E-state index in [4.69, 9.17) is 9.84 Å². The fourth-order valence-electron chi connectivity index (χ4n) is 3.87. The normalized spacial score (nSPS) is 35.7. The third-order valence-corrected chi connectivity index (χ3v) is 4.84. The predicted molar refractivity (Wildman–Crippen MR) is 67.6 cm³/mol. The Morgan fingerprint density at radius 2 is 1.63 bits per heavy atom. The van der Waals surface area contributed by atoms with Crippen molar-refractivity contribution < 1.29 is 19.4 Å². The Kier molecular flexibility index (Phi) is 3.48. The number of fused-ring (bicyclic) bond motifs is 5. The van der Waals surface area contributed by atoms with Gasteiger partial charge in [-0.05, 0) is 25.7 Å². The molecule has 0 spiro atoms. The van der Waals surface area contributed by atoms with Gasteiger partial charge in [-0.2, -0.15) is 0 Å². The molecule has 3 saturated heterocycles. The van der Waals surface area contributed by atoms with Gasteiger partial charge in [0.1, 0.15) is 0 Å². The first-order chi connectivity index (χ1) is 9.15. The summed E-state index contributed by atoms with van der Waals surface area (Å²) in [4.78, 5) is 24.5. The number of nitrogens with zero attached hydrogens (tertiary/aromatic N) is 1. The molecule has 3 rings (SSSR count). The highest BCUT2D eigenvalue weighted by atomic mass is 16.5. The number of carboxylic acids is 1. The van der Waals surface area contributed by atoms with E-state index in [9.17, 15) is 9.59 Å². The van der Waals surface area contributed by atoms with Crippen LogP contribution in [0.15, 0.2) is 0 Å². The van der Waals surface area contributed by atoms with Crippen molar-refractivity contribution in [2.24, 2.45) is 11.8 Å². The molecule has 0 aromatic heterocycles. The van der Waals surface area contributed by atoms with E-state index in [2.05, 4.69) is 0 Å². The Labute approximate surface area is 112 Å². The van der Waals surface area contributed by atoms with E-state index in [1.54, 1.807) is 0 Å². The van der Waals surface area contributed by atoms with Gasteiger partial charge in [0.2, 0.25) is 5.91 Å². The first kappa shape index (κ1) is 12.9. The first-order valence-corrected chi connectivity index (χ1v) is 7.30. The van der Waals surface area contributed by atoms with Gasteiger partial charge in [-0.25, -0.2) is 0 Å². The molecule has 3 aliphatic rings. The van der Waals surface area contributed by atoms with Crippen LogP contribution in [-0.4, -0.2) is 47.2 Å². The zero-order chi connectivity index (χ0) is 13.4. The lowest BCUT2D eigenvalue weighted by Gasteiger charge is -2.18. The summed E-state index contributed by atoms with van der Waals surface area (Å²) in [5, 5.41) is 8.56. The first-order valence-electron chi connectivity index (χ1n) is 7.30. The number of aliphatic carboxylic acids is 1. The van der Waals surface area contributed by atoms with Crippen molar-refractivity contribution in [1.29, 1.82) is 0 Å². The van der Waals surface area contributed by atoms with Crippen LogP contribution in [0.5, 0.6) is 0 Å². The number of unbranched alkanes of at least 4 members (excludes halogenated alkanes) is 1. The van der Waals surface area contributed by atoms with Crippen LogP contribution in [0.4, 0.5) is 0 Å². The summed E-state index contributed by atoms with van der Waals surface area (Å²) in [6.07, 6.45) is 5.02. The summed E-state index contributed by atoms with van der Waals surface area (Å²) in [5.74, 6) is 0.527. The van der Waals surface area contributed by atoms with Crippen LogP contribution in [0.1, 0.15) is 38.5 Å². The number of likely N-dealkylation sites (tertiary alicyclic amines) is 1. The number of hydrogen-bond acceptors (Lipinski definition) is 3. The lowest BCUT2D eigenvalue weighted by molar-refractivity contribution is -0.137. The molecule has 0 aromatic rings. The number of carbonyl (C=O) groups excluding carboxylic acids is 1. The van der Waals surface area contributed by atoms with E-state index >= 15 is 0 Å². The molecule has 19 heavy (non-hydrogen) atoms. The highest BCUT2D eigenvalue weighted by Gasteiger charge is 2.53. The maximum absolute atomic E-state index is 12.1. The molecule has 4 unspecified atom stereocenters. The fraction of sp³-hybridized carbons (Fsp3) is 0.857. The van der Waals surface area contributed by atoms with Gasteiger partial charge in [0.25, 0.3) is 0 Å². The van der Waals surface area contributed by atoms with Crippen molar-refractivity contribution in [3.63, 3.8) is 0 Å². The van der Waals surface area contributed by atoms with Gasteiger partial charge >= 0.3 is 5.97 Å². The molecular weight excluding hydrogens is 246 g/mol. The highest BCUT2D eigenvalue weighted by molar-refractivity contribution is 5.76. The van der Waals surface area contributed by atoms with Crippen LogP contribution >= 0.6 is 0 Å². The molecule has 106 valence electrons. The molecule has 0 aliphatic carbocycles. The lowest BCUT2D eigenvalue weighted by atomic mass is 9.82. The van der Waals surface area contributed by atoms with Gasteiger partial charge in [-0.15, -0.1) is 0 Å². The molecule has 3 fully saturated rings. The molecule has 5 nitrogen and oxygen atoms in total. The Bertz CT molecular complexity index is 366. The molecule has 4 atom stereocenters. The minimum Gasteiger partial charge on any atom is -0.481 e. The van der Waals surface area contributed by atoms with Crippen molar-refractivity contribution in [2.45, 2.75) is 50.7 Å². The molecule has 0 radical (unpaired) electrons. The van der Waals surface area contributed by atoms with Crippen molar-refractivity contribution in [3.05, 3.63) is 0 Å². The average Bonchev–Trinajstić information content (AvgIpc) is 3.04. The van der Waals surface area contributed by atoms with Gasteiger partial charge in [0.15, 0.2) is 0 Å². The number of hydrogen-bond donors (Lipinski definition) is 1. The second kappa shape index (κ2) is 5.12. The van der Waals surface area contributed by atoms with E-state index in [0.717, 1.165) is 25.9 Å². The molecule has 3 heterocycles. The van der Waals surface area contributed by atoms with E-state index in [0.29, 0.717) is 43.3 Å². The molecule has 2 bridgehead atoms. The minimum absolute atomic E-state index is 0.163. The van der Waals surface area contributed by atoms with Crippen LogP contribution in [0, 0.1) is 11.8 Å². The van der Waals surface area contributed by atoms with Crippen LogP contribution in [0.3, 0.4) is 0 Å². The standard InChI is InChI=1S/C14H21NO4/c16-13(3-1-2-4-14(17)18)15-7-9-10(8-15)12-6-5-11(9)19-12/h9-12H,1-8H2,(H,17,18). The Morgan fingerprint density at radius 1 is 1.05 bits per heavy atom. The molecular formula is C14H21NO4. The summed E-state index contributed by atoms with van der Waals surface area (Å²) >= 11 is 0. The van der Waals surface area contributed by atoms with Gasteiger partial charge in [-0.1, -0.05) is 0 Å². The molecule has 1 N–H and O–H groups in total. The Balaban J connectivity index is 1.44. The van der Waals surface area contributed by atoms with Crippen LogP contribution < -0.4 is 0 Å². The number of ether oxygens (including phenoxy) is 1. The molecule has 0 saturated carbocycles. The predicted octanol–water partition coefficient (Wildman–Crippen LogP) is 1.27. The maximum Gasteiger partial charge on any atom is 0.303 e. The monoisotopic (exact) mass is 267 g/mol. The largest absolute Gasteiger partial charge is 0.481 e. The topological polar surface area (TPSA) is 66.8 Å². The lowest BCUT2D eigenvalue weighted by Crippen LogP contribution is -2.31. The number of carboxylic acid groups (broad SMARTS) is 1. The smallest absolute Gasteiger partial charge is 0.303 e. The quantitative estimate of drug-likeness (QED) is 0.762. The number of carbonyl (C=O) groups is 2. The van der Waals surface area contributed by atoms with Gasteiger partial charge in [0.05, 0.1) is 12.2 Å².